The van der Waals surface area contributed by atoms with E-state index >= 15 is 0 Å². The van der Waals surface area contributed by atoms with Crippen LogP contribution in [0, 0.1) is 0 Å². The molecule has 1 aromatic heterocycles. The lowest BCUT2D eigenvalue weighted by atomic mass is 10.1. The summed E-state index contributed by atoms with van der Waals surface area (Å²) in [6, 6.07) is 14.8. The van der Waals surface area contributed by atoms with Gasteiger partial charge in [-0.2, -0.15) is 0 Å². The van der Waals surface area contributed by atoms with Crippen molar-refractivity contribution in [2.45, 2.75) is 0 Å². The van der Waals surface area contributed by atoms with Gasteiger partial charge < -0.3 is 19.1 Å². The number of amides is 2. The van der Waals surface area contributed by atoms with Crippen molar-refractivity contribution in [3.63, 3.8) is 0 Å². The summed E-state index contributed by atoms with van der Waals surface area (Å²) in [4.78, 5) is 29.0. The van der Waals surface area contributed by atoms with Gasteiger partial charge in [0.1, 0.15) is 5.75 Å². The third-order valence-corrected chi connectivity index (χ3v) is 5.47. The number of nitrogens with zero attached hydrogens (tertiary/aromatic N) is 3. The third-order valence-electron chi connectivity index (χ3n) is 5.22. The number of hydrogen-bond acceptors (Lipinski definition) is 3. The molecular formula is C22H22ClN3O3. The molecule has 29 heavy (non-hydrogen) atoms. The molecule has 150 valence electrons. The molecule has 3 aromatic rings. The Morgan fingerprint density at radius 3 is 2.34 bits per heavy atom. The van der Waals surface area contributed by atoms with E-state index in [0.29, 0.717) is 42.5 Å². The molecule has 0 unspecified atom stereocenters. The average molecular weight is 412 g/mol. The van der Waals surface area contributed by atoms with Crippen LogP contribution in [0.15, 0.2) is 54.7 Å². The maximum atomic E-state index is 13.0. The monoisotopic (exact) mass is 411 g/mol. The maximum Gasteiger partial charge on any atom is 0.260 e. The second-order valence-corrected chi connectivity index (χ2v) is 7.52. The van der Waals surface area contributed by atoms with Crippen molar-refractivity contribution in [2.24, 2.45) is 7.05 Å². The highest BCUT2D eigenvalue weighted by atomic mass is 35.5. The number of piperazine rings is 1. The molecule has 2 aromatic carbocycles. The lowest BCUT2D eigenvalue weighted by Gasteiger charge is -2.34. The van der Waals surface area contributed by atoms with Gasteiger partial charge in [0, 0.05) is 55.3 Å². The van der Waals surface area contributed by atoms with Crippen LogP contribution >= 0.6 is 11.6 Å². The molecule has 7 heteroatoms. The molecule has 0 atom stereocenters. The predicted molar refractivity (Wildman–Crippen MR) is 112 cm³/mol. The Hall–Kier alpha value is -2.99. The first-order valence-corrected chi connectivity index (χ1v) is 9.90. The quantitative estimate of drug-likeness (QED) is 0.662. The molecule has 6 nitrogen and oxygen atoms in total. The lowest BCUT2D eigenvalue weighted by Crippen LogP contribution is -2.51. The topological polar surface area (TPSA) is 54.8 Å². The van der Waals surface area contributed by atoms with Gasteiger partial charge in [0.05, 0.1) is 5.56 Å². The van der Waals surface area contributed by atoms with E-state index in [9.17, 15) is 9.59 Å². The molecule has 0 radical (unpaired) electrons. The molecular weight excluding hydrogens is 390 g/mol. The number of aryl methyl sites for hydroxylation is 1. The van der Waals surface area contributed by atoms with Gasteiger partial charge >= 0.3 is 0 Å². The fourth-order valence-corrected chi connectivity index (χ4v) is 3.73. The fourth-order valence-electron chi connectivity index (χ4n) is 3.61. The van der Waals surface area contributed by atoms with Gasteiger partial charge in [-0.05, 0) is 30.3 Å². The van der Waals surface area contributed by atoms with Gasteiger partial charge in [0.2, 0.25) is 0 Å². The van der Waals surface area contributed by atoms with Crippen LogP contribution in [0.4, 0.5) is 0 Å². The summed E-state index contributed by atoms with van der Waals surface area (Å²) in [5.41, 5.74) is 1.73. The summed E-state index contributed by atoms with van der Waals surface area (Å²) < 4.78 is 7.51. The van der Waals surface area contributed by atoms with Crippen LogP contribution < -0.4 is 4.74 Å². The largest absolute Gasteiger partial charge is 0.484 e. The summed E-state index contributed by atoms with van der Waals surface area (Å²) in [5.74, 6) is 0.524. The smallest absolute Gasteiger partial charge is 0.260 e. The summed E-state index contributed by atoms with van der Waals surface area (Å²) in [6.07, 6.45) is 1.88. The van der Waals surface area contributed by atoms with Gasteiger partial charge in [-0.3, -0.25) is 9.59 Å². The minimum atomic E-state index is -0.0859. The number of benzene rings is 2. The first-order valence-electron chi connectivity index (χ1n) is 9.52. The van der Waals surface area contributed by atoms with Crippen LogP contribution in [-0.4, -0.2) is 59.0 Å². The molecule has 1 saturated heterocycles. The molecule has 0 saturated carbocycles. The van der Waals surface area contributed by atoms with Gasteiger partial charge in [-0.15, -0.1) is 0 Å². The summed E-state index contributed by atoms with van der Waals surface area (Å²) in [7, 11) is 1.94. The van der Waals surface area contributed by atoms with Crippen LogP contribution in [0.5, 0.6) is 5.75 Å². The lowest BCUT2D eigenvalue weighted by molar-refractivity contribution is -0.134. The van der Waals surface area contributed by atoms with E-state index in [1.54, 1.807) is 29.2 Å². The van der Waals surface area contributed by atoms with E-state index in [2.05, 4.69) is 0 Å². The molecule has 0 N–H and O–H groups in total. The highest BCUT2D eigenvalue weighted by Gasteiger charge is 2.26. The number of carbonyl (C=O) groups excluding carboxylic acids is 2. The minimum absolute atomic E-state index is 0.00585. The second-order valence-electron chi connectivity index (χ2n) is 7.09. The van der Waals surface area contributed by atoms with Crippen LogP contribution in [0.25, 0.3) is 10.9 Å². The molecule has 2 amide bonds. The minimum Gasteiger partial charge on any atom is -0.484 e. The zero-order valence-corrected chi connectivity index (χ0v) is 16.9. The van der Waals surface area contributed by atoms with E-state index in [0.717, 1.165) is 10.9 Å². The first-order chi connectivity index (χ1) is 14.0. The highest BCUT2D eigenvalue weighted by Crippen LogP contribution is 2.22. The summed E-state index contributed by atoms with van der Waals surface area (Å²) in [6.45, 7) is 1.99. The molecule has 2 heterocycles. The number of halogens is 1. The van der Waals surface area contributed by atoms with Gasteiger partial charge in [-0.1, -0.05) is 29.8 Å². The van der Waals surface area contributed by atoms with Crippen LogP contribution in [0.1, 0.15) is 10.4 Å². The van der Waals surface area contributed by atoms with E-state index in [-0.39, 0.29) is 18.4 Å². The first kappa shape index (κ1) is 19.3. The Labute approximate surface area is 174 Å². The summed E-state index contributed by atoms with van der Waals surface area (Å²) >= 11 is 5.85. The number of rotatable bonds is 4. The number of fused-ring (bicyclic) bond motifs is 1. The van der Waals surface area contributed by atoms with Crippen molar-refractivity contribution in [3.8, 4) is 5.75 Å². The van der Waals surface area contributed by atoms with Crippen molar-refractivity contribution in [3.05, 3.63) is 65.3 Å². The number of carbonyl (C=O) groups is 2. The van der Waals surface area contributed by atoms with E-state index in [1.165, 1.54) is 0 Å². The van der Waals surface area contributed by atoms with Crippen LogP contribution in [-0.2, 0) is 11.8 Å². The molecule has 1 aliphatic rings. The molecule has 1 aliphatic heterocycles. The highest BCUT2D eigenvalue weighted by molar-refractivity contribution is 6.30. The Balaban J connectivity index is 1.34. The molecule has 0 aliphatic carbocycles. The van der Waals surface area contributed by atoms with Gasteiger partial charge in [0.15, 0.2) is 6.61 Å². The Bertz CT molecular complexity index is 1040. The number of ether oxygens (including phenoxy) is 1. The van der Waals surface area contributed by atoms with E-state index < -0.39 is 0 Å². The Kier molecular flexibility index (Phi) is 5.45. The zero-order chi connectivity index (χ0) is 20.4. The second kappa shape index (κ2) is 8.17. The fraction of sp³-hybridized carbons (Fsp3) is 0.273. The van der Waals surface area contributed by atoms with Crippen molar-refractivity contribution in [1.29, 1.82) is 0 Å². The zero-order valence-electron chi connectivity index (χ0n) is 16.2. The van der Waals surface area contributed by atoms with Gasteiger partial charge in [-0.25, -0.2) is 0 Å². The SMILES string of the molecule is Cn1cc(C(=O)N2CCN(C(=O)COc3ccc(Cl)cc3)CC2)c2ccccc21. The Morgan fingerprint density at radius 2 is 1.62 bits per heavy atom. The van der Waals surface area contributed by atoms with Crippen molar-refractivity contribution in [1.82, 2.24) is 14.4 Å². The maximum absolute atomic E-state index is 13.0. The van der Waals surface area contributed by atoms with Crippen molar-refractivity contribution < 1.29 is 14.3 Å². The predicted octanol–water partition coefficient (Wildman–Crippen LogP) is 3.20. The standard InChI is InChI=1S/C22H22ClN3O3/c1-24-14-19(18-4-2-3-5-20(18)24)22(28)26-12-10-25(11-13-26)21(27)15-29-17-8-6-16(23)7-9-17/h2-9,14H,10-13,15H2,1H3. The summed E-state index contributed by atoms with van der Waals surface area (Å²) in [5, 5.41) is 1.57. The van der Waals surface area contributed by atoms with Crippen molar-refractivity contribution >= 4 is 34.3 Å². The van der Waals surface area contributed by atoms with E-state index in [4.69, 9.17) is 16.3 Å². The molecule has 0 bridgehead atoms. The number of hydrogen-bond donors (Lipinski definition) is 0. The normalized spacial score (nSPS) is 14.3. The van der Waals surface area contributed by atoms with Gasteiger partial charge in [0.25, 0.3) is 11.8 Å². The third kappa shape index (κ3) is 4.07. The average Bonchev–Trinajstić information content (AvgIpc) is 3.09. The number of para-hydroxylation sites is 1. The Morgan fingerprint density at radius 1 is 0.966 bits per heavy atom. The number of aromatic nitrogens is 1. The molecule has 0 spiro atoms. The molecule has 1 fully saturated rings. The van der Waals surface area contributed by atoms with Crippen molar-refractivity contribution in [2.75, 3.05) is 32.8 Å². The van der Waals surface area contributed by atoms with Crippen LogP contribution in [0.2, 0.25) is 5.02 Å². The van der Waals surface area contributed by atoms with E-state index in [1.807, 2.05) is 47.0 Å². The van der Waals surface area contributed by atoms with Crippen LogP contribution in [0.3, 0.4) is 0 Å². The molecule has 4 rings (SSSR count).